The van der Waals surface area contributed by atoms with Crippen LogP contribution in [-0.2, 0) is 4.79 Å². The third kappa shape index (κ3) is 2.00. The maximum atomic E-state index is 12.2. The molecular formula is C15H18BrN3O. The topological polar surface area (TPSA) is 44.4 Å². The number of nitrogens with one attached hydrogen (secondary N) is 2. The minimum atomic E-state index is -0.191. The van der Waals surface area contributed by atoms with Gasteiger partial charge in [-0.05, 0) is 37.9 Å². The van der Waals surface area contributed by atoms with Gasteiger partial charge in [-0.15, -0.1) is 0 Å². The van der Waals surface area contributed by atoms with E-state index in [4.69, 9.17) is 0 Å². The Balaban J connectivity index is 1.56. The van der Waals surface area contributed by atoms with E-state index in [0.717, 1.165) is 22.1 Å². The number of rotatable bonds is 2. The Kier molecular flexibility index (Phi) is 3.09. The number of hydrogen-bond donors (Lipinski definition) is 2. The SMILES string of the molecule is O=C1Nc2cc(Br)ccc2C1NC1CCN2CCCC12. The zero-order valence-corrected chi connectivity index (χ0v) is 12.8. The van der Waals surface area contributed by atoms with Crippen molar-refractivity contribution in [1.82, 2.24) is 10.2 Å². The molecule has 0 aliphatic carbocycles. The molecule has 20 heavy (non-hydrogen) atoms. The molecule has 1 aromatic rings. The Morgan fingerprint density at radius 2 is 2.20 bits per heavy atom. The largest absolute Gasteiger partial charge is 0.324 e. The second-order valence-electron chi connectivity index (χ2n) is 5.96. The lowest BCUT2D eigenvalue weighted by Gasteiger charge is -2.24. The van der Waals surface area contributed by atoms with Crippen molar-refractivity contribution in [2.75, 3.05) is 18.4 Å². The molecule has 0 aromatic heterocycles. The van der Waals surface area contributed by atoms with Crippen LogP contribution < -0.4 is 10.6 Å². The van der Waals surface area contributed by atoms with Crippen LogP contribution in [0, 0.1) is 0 Å². The lowest BCUT2D eigenvalue weighted by Crippen LogP contribution is -2.42. The summed E-state index contributed by atoms with van der Waals surface area (Å²) >= 11 is 3.45. The van der Waals surface area contributed by atoms with E-state index in [0.29, 0.717) is 12.1 Å². The van der Waals surface area contributed by atoms with Crippen LogP contribution in [0.1, 0.15) is 30.9 Å². The average Bonchev–Trinajstić information content (AvgIpc) is 3.06. The van der Waals surface area contributed by atoms with E-state index in [1.54, 1.807) is 0 Å². The van der Waals surface area contributed by atoms with Gasteiger partial charge in [0.2, 0.25) is 5.91 Å². The summed E-state index contributed by atoms with van der Waals surface area (Å²) in [5.74, 6) is 0.0783. The van der Waals surface area contributed by atoms with E-state index >= 15 is 0 Å². The normalized spacial score (nSPS) is 32.2. The average molecular weight is 336 g/mol. The molecule has 2 saturated heterocycles. The molecule has 0 saturated carbocycles. The third-order valence-electron chi connectivity index (χ3n) is 4.83. The molecule has 3 aliphatic heterocycles. The van der Waals surface area contributed by atoms with Crippen molar-refractivity contribution in [3.63, 3.8) is 0 Å². The van der Waals surface area contributed by atoms with Gasteiger partial charge in [0.15, 0.2) is 0 Å². The van der Waals surface area contributed by atoms with Crippen LogP contribution in [0.15, 0.2) is 22.7 Å². The first-order valence-electron chi connectivity index (χ1n) is 7.33. The number of anilines is 1. The first-order valence-corrected chi connectivity index (χ1v) is 8.12. The molecule has 106 valence electrons. The van der Waals surface area contributed by atoms with E-state index in [1.807, 2.05) is 18.2 Å². The van der Waals surface area contributed by atoms with Crippen molar-refractivity contribution in [3.8, 4) is 0 Å². The number of nitrogens with zero attached hydrogens (tertiary/aromatic N) is 1. The minimum Gasteiger partial charge on any atom is -0.324 e. The minimum absolute atomic E-state index is 0.0783. The smallest absolute Gasteiger partial charge is 0.246 e. The molecule has 2 fully saturated rings. The molecule has 5 heteroatoms. The Hall–Kier alpha value is -0.910. The predicted molar refractivity (Wildman–Crippen MR) is 81.6 cm³/mol. The van der Waals surface area contributed by atoms with Gasteiger partial charge in [0, 0.05) is 34.4 Å². The standard InChI is InChI=1S/C15H18BrN3O/c16-9-3-4-10-12(8-9)18-15(20)14(10)17-11-5-7-19-6-1-2-13(11)19/h3-4,8,11,13-14,17H,1-2,5-7H2,(H,18,20). The van der Waals surface area contributed by atoms with Gasteiger partial charge in [-0.25, -0.2) is 0 Å². The molecule has 2 N–H and O–H groups in total. The highest BCUT2D eigenvalue weighted by atomic mass is 79.9. The number of amides is 1. The Bertz CT molecular complexity index is 562. The van der Waals surface area contributed by atoms with Crippen molar-refractivity contribution >= 4 is 27.5 Å². The van der Waals surface area contributed by atoms with Gasteiger partial charge in [0.1, 0.15) is 6.04 Å². The van der Waals surface area contributed by atoms with Crippen LogP contribution in [0.5, 0.6) is 0 Å². The summed E-state index contributed by atoms with van der Waals surface area (Å²) in [6.07, 6.45) is 3.71. The predicted octanol–water partition coefficient (Wildman–Crippen LogP) is 2.27. The highest BCUT2D eigenvalue weighted by Gasteiger charge is 2.40. The lowest BCUT2D eigenvalue weighted by molar-refractivity contribution is -0.117. The van der Waals surface area contributed by atoms with Crippen LogP contribution in [0.25, 0.3) is 0 Å². The summed E-state index contributed by atoms with van der Waals surface area (Å²) in [5.41, 5.74) is 2.01. The van der Waals surface area contributed by atoms with Crippen molar-refractivity contribution in [2.24, 2.45) is 0 Å². The number of carbonyl (C=O) groups is 1. The van der Waals surface area contributed by atoms with Gasteiger partial charge in [0.05, 0.1) is 0 Å². The second-order valence-corrected chi connectivity index (χ2v) is 6.88. The van der Waals surface area contributed by atoms with Gasteiger partial charge < -0.3 is 5.32 Å². The molecule has 0 spiro atoms. The molecule has 1 amide bonds. The Morgan fingerprint density at radius 1 is 1.30 bits per heavy atom. The van der Waals surface area contributed by atoms with Crippen LogP contribution in [0.3, 0.4) is 0 Å². The molecule has 0 radical (unpaired) electrons. The molecule has 3 unspecified atom stereocenters. The second kappa shape index (κ2) is 4.83. The summed E-state index contributed by atoms with van der Waals surface area (Å²) < 4.78 is 1.00. The van der Waals surface area contributed by atoms with Gasteiger partial charge in [-0.3, -0.25) is 15.0 Å². The molecule has 3 aliphatic rings. The first-order chi connectivity index (χ1) is 9.72. The quantitative estimate of drug-likeness (QED) is 0.871. The first kappa shape index (κ1) is 12.8. The van der Waals surface area contributed by atoms with Gasteiger partial charge >= 0.3 is 0 Å². The fourth-order valence-corrected chi connectivity index (χ4v) is 4.25. The number of hydrogen-bond acceptors (Lipinski definition) is 3. The number of carbonyl (C=O) groups excluding carboxylic acids is 1. The summed E-state index contributed by atoms with van der Waals surface area (Å²) in [4.78, 5) is 14.8. The maximum Gasteiger partial charge on any atom is 0.246 e. The number of fused-ring (bicyclic) bond motifs is 2. The summed E-state index contributed by atoms with van der Waals surface area (Å²) in [6.45, 7) is 2.40. The summed E-state index contributed by atoms with van der Waals surface area (Å²) in [7, 11) is 0. The summed E-state index contributed by atoms with van der Waals surface area (Å²) in [5, 5.41) is 6.58. The third-order valence-corrected chi connectivity index (χ3v) is 5.33. The molecular weight excluding hydrogens is 318 g/mol. The van der Waals surface area contributed by atoms with Crippen LogP contribution in [0.2, 0.25) is 0 Å². The van der Waals surface area contributed by atoms with Gasteiger partial charge in [-0.2, -0.15) is 0 Å². The van der Waals surface area contributed by atoms with Crippen molar-refractivity contribution in [2.45, 2.75) is 37.4 Å². The van der Waals surface area contributed by atoms with Gasteiger partial charge in [-0.1, -0.05) is 22.0 Å². The molecule has 0 bridgehead atoms. The number of benzene rings is 1. The maximum absolute atomic E-state index is 12.2. The molecule has 3 atom stereocenters. The molecule has 3 heterocycles. The van der Waals surface area contributed by atoms with E-state index in [-0.39, 0.29) is 11.9 Å². The Labute approximate surface area is 127 Å². The highest BCUT2D eigenvalue weighted by molar-refractivity contribution is 9.10. The molecule has 1 aromatic carbocycles. The van der Waals surface area contributed by atoms with Crippen LogP contribution in [-0.4, -0.2) is 36.0 Å². The zero-order valence-electron chi connectivity index (χ0n) is 11.2. The fraction of sp³-hybridized carbons (Fsp3) is 0.533. The van der Waals surface area contributed by atoms with Crippen molar-refractivity contribution < 1.29 is 4.79 Å². The molecule has 4 rings (SSSR count). The Morgan fingerprint density at radius 3 is 3.10 bits per heavy atom. The monoisotopic (exact) mass is 335 g/mol. The highest BCUT2D eigenvalue weighted by Crippen LogP contribution is 2.35. The lowest BCUT2D eigenvalue weighted by atomic mass is 10.0. The van der Waals surface area contributed by atoms with Crippen molar-refractivity contribution in [1.29, 1.82) is 0 Å². The van der Waals surface area contributed by atoms with E-state index in [9.17, 15) is 4.79 Å². The van der Waals surface area contributed by atoms with E-state index in [2.05, 4.69) is 31.5 Å². The summed E-state index contributed by atoms with van der Waals surface area (Å²) in [6, 6.07) is 6.90. The van der Waals surface area contributed by atoms with Gasteiger partial charge in [0.25, 0.3) is 0 Å². The number of halogens is 1. The molecule has 4 nitrogen and oxygen atoms in total. The van der Waals surface area contributed by atoms with Crippen LogP contribution in [0.4, 0.5) is 5.69 Å². The van der Waals surface area contributed by atoms with Crippen LogP contribution >= 0.6 is 15.9 Å². The van der Waals surface area contributed by atoms with Crippen molar-refractivity contribution in [3.05, 3.63) is 28.2 Å². The fourth-order valence-electron chi connectivity index (χ4n) is 3.89. The zero-order chi connectivity index (χ0) is 13.7. The van der Waals surface area contributed by atoms with E-state index in [1.165, 1.54) is 25.9 Å². The van der Waals surface area contributed by atoms with E-state index < -0.39 is 0 Å².